The number of carbonyl (C=O) groups is 1. The second kappa shape index (κ2) is 8.88. The highest BCUT2D eigenvalue weighted by molar-refractivity contribution is 9.10. The van der Waals surface area contributed by atoms with Crippen LogP contribution in [0.5, 0.6) is 11.5 Å². The Morgan fingerprint density at radius 1 is 1.15 bits per heavy atom. The molecule has 6 heteroatoms. The van der Waals surface area contributed by atoms with Crippen LogP contribution in [0.15, 0.2) is 58.8 Å². The minimum Gasteiger partial charge on any atom is -0.496 e. The Hall–Kier alpha value is -2.57. The van der Waals surface area contributed by atoms with E-state index in [1.165, 1.54) is 6.08 Å². The number of hydrogen-bond acceptors (Lipinski definition) is 5. The van der Waals surface area contributed by atoms with Crippen molar-refractivity contribution in [2.75, 3.05) is 20.5 Å². The molecule has 0 saturated carbocycles. The lowest BCUT2D eigenvalue weighted by Gasteiger charge is -2.09. The van der Waals surface area contributed by atoms with Crippen LogP contribution in [0.2, 0.25) is 0 Å². The van der Waals surface area contributed by atoms with E-state index in [9.17, 15) is 4.79 Å². The first-order valence-electron chi connectivity index (χ1n) is 8.41. The Morgan fingerprint density at radius 2 is 1.93 bits per heavy atom. The molecule has 0 fully saturated rings. The van der Waals surface area contributed by atoms with Gasteiger partial charge in [0, 0.05) is 18.3 Å². The van der Waals surface area contributed by atoms with Crippen LogP contribution in [-0.2, 0) is 14.3 Å². The summed E-state index contributed by atoms with van der Waals surface area (Å²) in [5.41, 5.74) is 2.47. The van der Waals surface area contributed by atoms with E-state index in [0.717, 1.165) is 26.9 Å². The van der Waals surface area contributed by atoms with Crippen molar-refractivity contribution in [2.45, 2.75) is 6.92 Å². The fourth-order valence-corrected chi connectivity index (χ4v) is 3.12. The van der Waals surface area contributed by atoms with Crippen molar-refractivity contribution >= 4 is 33.5 Å². The van der Waals surface area contributed by atoms with Crippen LogP contribution >= 0.6 is 15.9 Å². The number of hydrogen-bond donors (Lipinski definition) is 0. The zero-order valence-electron chi connectivity index (χ0n) is 15.0. The van der Waals surface area contributed by atoms with Gasteiger partial charge in [0.2, 0.25) is 0 Å². The first-order chi connectivity index (χ1) is 13.1. The molecule has 140 valence electrons. The van der Waals surface area contributed by atoms with Crippen LogP contribution in [0.4, 0.5) is 0 Å². The van der Waals surface area contributed by atoms with E-state index in [2.05, 4.69) is 15.9 Å². The van der Waals surface area contributed by atoms with Crippen molar-refractivity contribution < 1.29 is 23.7 Å². The summed E-state index contributed by atoms with van der Waals surface area (Å²) >= 11 is 3.46. The molecule has 0 aliphatic carbocycles. The third kappa shape index (κ3) is 4.78. The maximum absolute atomic E-state index is 11.8. The van der Waals surface area contributed by atoms with E-state index < -0.39 is 0 Å². The SMILES string of the molecule is CCOCOc1ccc(C2=CC(=O)O/C2=C\c2ccc(OC)c(Br)c2)cc1. The highest BCUT2D eigenvalue weighted by atomic mass is 79.9. The summed E-state index contributed by atoms with van der Waals surface area (Å²) in [4.78, 5) is 11.8. The van der Waals surface area contributed by atoms with Gasteiger partial charge in [0.05, 0.1) is 11.6 Å². The summed E-state index contributed by atoms with van der Waals surface area (Å²) in [6.45, 7) is 2.71. The molecule has 0 amide bonds. The zero-order valence-corrected chi connectivity index (χ0v) is 16.6. The quantitative estimate of drug-likeness (QED) is 0.358. The number of methoxy groups -OCH3 is 1. The third-order valence-electron chi connectivity index (χ3n) is 3.89. The number of allylic oxidation sites excluding steroid dienone is 1. The molecule has 0 aromatic heterocycles. The van der Waals surface area contributed by atoms with Gasteiger partial charge < -0.3 is 18.9 Å². The Kier molecular flexibility index (Phi) is 6.32. The maximum atomic E-state index is 11.8. The Balaban J connectivity index is 1.82. The lowest BCUT2D eigenvalue weighted by atomic mass is 10.0. The summed E-state index contributed by atoms with van der Waals surface area (Å²) in [5, 5.41) is 0. The first kappa shape index (κ1) is 19.2. The molecule has 0 unspecified atom stereocenters. The molecule has 3 rings (SSSR count). The second-order valence-electron chi connectivity index (χ2n) is 5.66. The van der Waals surface area contributed by atoms with Gasteiger partial charge in [-0.15, -0.1) is 0 Å². The van der Waals surface area contributed by atoms with Crippen LogP contribution in [0.25, 0.3) is 11.6 Å². The van der Waals surface area contributed by atoms with Gasteiger partial charge in [-0.2, -0.15) is 0 Å². The molecule has 0 spiro atoms. The van der Waals surface area contributed by atoms with Gasteiger partial charge in [0.15, 0.2) is 6.79 Å². The van der Waals surface area contributed by atoms with Gasteiger partial charge in [0.25, 0.3) is 0 Å². The van der Waals surface area contributed by atoms with E-state index in [1.54, 1.807) is 7.11 Å². The summed E-state index contributed by atoms with van der Waals surface area (Å²) in [6.07, 6.45) is 3.31. The van der Waals surface area contributed by atoms with Crippen LogP contribution in [0.3, 0.4) is 0 Å². The molecule has 1 heterocycles. The number of ether oxygens (including phenoxy) is 4. The highest BCUT2D eigenvalue weighted by Gasteiger charge is 2.21. The molecule has 1 aliphatic heterocycles. The van der Waals surface area contributed by atoms with E-state index in [4.69, 9.17) is 18.9 Å². The number of carbonyl (C=O) groups excluding carboxylic acids is 1. The van der Waals surface area contributed by atoms with Crippen molar-refractivity contribution in [1.82, 2.24) is 0 Å². The number of cyclic esters (lactones) is 1. The molecular formula is C21H19BrO5. The largest absolute Gasteiger partial charge is 0.496 e. The first-order valence-corrected chi connectivity index (χ1v) is 9.20. The van der Waals surface area contributed by atoms with Gasteiger partial charge in [-0.05, 0) is 64.3 Å². The van der Waals surface area contributed by atoms with E-state index >= 15 is 0 Å². The lowest BCUT2D eigenvalue weighted by molar-refractivity contribution is -0.132. The zero-order chi connectivity index (χ0) is 19.2. The Morgan fingerprint density at radius 3 is 2.59 bits per heavy atom. The molecule has 0 radical (unpaired) electrons. The van der Waals surface area contributed by atoms with Crippen molar-refractivity contribution in [2.24, 2.45) is 0 Å². The van der Waals surface area contributed by atoms with Gasteiger partial charge in [0.1, 0.15) is 17.3 Å². The minimum atomic E-state index is -0.388. The highest BCUT2D eigenvalue weighted by Crippen LogP contribution is 2.33. The van der Waals surface area contributed by atoms with Crippen molar-refractivity contribution in [3.63, 3.8) is 0 Å². The van der Waals surface area contributed by atoms with Crippen LogP contribution in [0.1, 0.15) is 18.1 Å². The monoisotopic (exact) mass is 430 g/mol. The molecule has 1 aliphatic rings. The van der Waals surface area contributed by atoms with Crippen LogP contribution < -0.4 is 9.47 Å². The average molecular weight is 431 g/mol. The van der Waals surface area contributed by atoms with Gasteiger partial charge in [-0.3, -0.25) is 0 Å². The van der Waals surface area contributed by atoms with E-state index in [-0.39, 0.29) is 12.8 Å². The van der Waals surface area contributed by atoms with Crippen molar-refractivity contribution in [3.05, 3.63) is 69.9 Å². The average Bonchev–Trinajstić information content (AvgIpc) is 3.03. The van der Waals surface area contributed by atoms with Crippen molar-refractivity contribution in [3.8, 4) is 11.5 Å². The van der Waals surface area contributed by atoms with Gasteiger partial charge in [-0.1, -0.05) is 18.2 Å². The summed E-state index contributed by atoms with van der Waals surface area (Å²) in [6, 6.07) is 13.1. The third-order valence-corrected chi connectivity index (χ3v) is 4.51. The molecule has 2 aromatic rings. The number of esters is 1. The Bertz CT molecular complexity index is 884. The number of halogens is 1. The number of rotatable bonds is 7. The minimum absolute atomic E-state index is 0.206. The second-order valence-corrected chi connectivity index (χ2v) is 6.52. The molecule has 0 atom stereocenters. The summed E-state index contributed by atoms with van der Waals surface area (Å²) in [5.74, 6) is 1.54. The standard InChI is InChI=1S/C21H19BrO5/c1-3-25-13-26-16-7-5-15(6-8-16)17-12-21(23)27-20(17)11-14-4-9-19(24-2)18(22)10-14/h4-12H,3,13H2,1-2H3/b20-11-. The van der Waals surface area contributed by atoms with E-state index in [1.807, 2.05) is 55.5 Å². The fraction of sp³-hybridized carbons (Fsp3) is 0.190. The summed E-state index contributed by atoms with van der Waals surface area (Å²) in [7, 11) is 1.61. The molecule has 2 aromatic carbocycles. The Labute approximate surface area is 166 Å². The maximum Gasteiger partial charge on any atom is 0.336 e. The molecular weight excluding hydrogens is 412 g/mol. The van der Waals surface area contributed by atoms with Gasteiger partial charge >= 0.3 is 5.97 Å². The fourth-order valence-electron chi connectivity index (χ4n) is 2.56. The normalized spacial score (nSPS) is 14.9. The predicted molar refractivity (Wildman–Crippen MR) is 106 cm³/mol. The van der Waals surface area contributed by atoms with Crippen LogP contribution in [0, 0.1) is 0 Å². The lowest BCUT2D eigenvalue weighted by Crippen LogP contribution is -2.01. The number of benzene rings is 2. The molecule has 5 nitrogen and oxygen atoms in total. The van der Waals surface area contributed by atoms with Gasteiger partial charge in [-0.25, -0.2) is 4.79 Å². The van der Waals surface area contributed by atoms with Crippen molar-refractivity contribution in [1.29, 1.82) is 0 Å². The summed E-state index contributed by atoms with van der Waals surface area (Å²) < 4.78 is 22.1. The topological polar surface area (TPSA) is 54.0 Å². The predicted octanol–water partition coefficient (Wildman–Crippen LogP) is 4.81. The van der Waals surface area contributed by atoms with Crippen LogP contribution in [-0.4, -0.2) is 26.5 Å². The molecule has 0 N–H and O–H groups in total. The smallest absolute Gasteiger partial charge is 0.336 e. The molecule has 0 saturated heterocycles. The molecule has 0 bridgehead atoms. The van der Waals surface area contributed by atoms with E-state index in [0.29, 0.717) is 18.1 Å². The molecule has 27 heavy (non-hydrogen) atoms.